The molecule has 1 aliphatic rings. The van der Waals surface area contributed by atoms with E-state index in [2.05, 4.69) is 5.32 Å². The molecule has 0 atom stereocenters. The molecule has 4 heteroatoms. The van der Waals surface area contributed by atoms with Gasteiger partial charge in [0.1, 0.15) is 5.82 Å². The average molecular weight is 126 g/mol. The molecule has 7 N–H and O–H groups in total. The molecule has 9 heavy (non-hydrogen) atoms. The van der Waals surface area contributed by atoms with E-state index < -0.39 is 0 Å². The molecule has 1 aliphatic heterocycles. The van der Waals surface area contributed by atoms with Gasteiger partial charge in [0.25, 0.3) is 0 Å². The largest absolute Gasteiger partial charge is 0.401 e. The van der Waals surface area contributed by atoms with Crippen LogP contribution in [0.5, 0.6) is 0 Å². The summed E-state index contributed by atoms with van der Waals surface area (Å²) >= 11 is 0. The van der Waals surface area contributed by atoms with Gasteiger partial charge in [-0.25, -0.2) is 0 Å². The van der Waals surface area contributed by atoms with Crippen LogP contribution in [0.1, 0.15) is 0 Å². The van der Waals surface area contributed by atoms with Crippen molar-refractivity contribution in [3.05, 3.63) is 23.3 Å². The van der Waals surface area contributed by atoms with E-state index in [-0.39, 0.29) is 0 Å². The molecule has 0 radical (unpaired) electrons. The van der Waals surface area contributed by atoms with Gasteiger partial charge in [-0.15, -0.1) is 0 Å². The maximum absolute atomic E-state index is 5.42. The summed E-state index contributed by atoms with van der Waals surface area (Å²) in [4.78, 5) is 0. The highest BCUT2D eigenvalue weighted by molar-refractivity contribution is 5.27. The molecule has 0 saturated heterocycles. The Bertz CT molecular complexity index is 179. The van der Waals surface area contributed by atoms with Crippen molar-refractivity contribution in [2.75, 3.05) is 6.54 Å². The summed E-state index contributed by atoms with van der Waals surface area (Å²) in [5, 5.41) is 2.82. The van der Waals surface area contributed by atoms with Crippen LogP contribution >= 0.6 is 0 Å². The maximum atomic E-state index is 5.42. The van der Waals surface area contributed by atoms with E-state index in [1.807, 2.05) is 0 Å². The molecule has 0 aromatic carbocycles. The van der Waals surface area contributed by atoms with Gasteiger partial charge in [-0.2, -0.15) is 0 Å². The zero-order valence-corrected chi connectivity index (χ0v) is 5.02. The number of nitrogens with one attached hydrogen (secondary N) is 1. The zero-order valence-electron chi connectivity index (χ0n) is 5.02. The van der Waals surface area contributed by atoms with E-state index in [1.54, 1.807) is 6.08 Å². The Balaban J connectivity index is 2.83. The lowest BCUT2D eigenvalue weighted by Crippen LogP contribution is -2.31. The monoisotopic (exact) mass is 126 g/mol. The van der Waals surface area contributed by atoms with Gasteiger partial charge in [0, 0.05) is 5.70 Å². The van der Waals surface area contributed by atoms with Crippen LogP contribution in [0.3, 0.4) is 0 Å². The van der Waals surface area contributed by atoms with Crippen molar-refractivity contribution in [2.24, 2.45) is 17.2 Å². The lowest BCUT2D eigenvalue weighted by molar-refractivity contribution is 0.810. The highest BCUT2D eigenvalue weighted by atomic mass is 15.0. The lowest BCUT2D eigenvalue weighted by Gasteiger charge is -2.13. The molecule has 0 aromatic heterocycles. The van der Waals surface area contributed by atoms with Crippen LogP contribution in [-0.2, 0) is 0 Å². The van der Waals surface area contributed by atoms with Gasteiger partial charge in [-0.05, 0) is 6.08 Å². The van der Waals surface area contributed by atoms with Gasteiger partial charge >= 0.3 is 0 Å². The second kappa shape index (κ2) is 1.89. The normalized spacial score (nSPS) is 18.9. The Hall–Kier alpha value is -1.32. The molecule has 1 heterocycles. The second-order valence-corrected chi connectivity index (χ2v) is 1.94. The van der Waals surface area contributed by atoms with Crippen molar-refractivity contribution < 1.29 is 0 Å². The van der Waals surface area contributed by atoms with Gasteiger partial charge in [-0.3, -0.25) is 0 Å². The third-order valence-electron chi connectivity index (χ3n) is 1.13. The standard InChI is InChI=1S/C5H10N4/c6-3-1-4(7)5(8)9-2-3/h1,9H,2,6-8H2. The molecular formula is C5H10N4. The number of dihydropyridines is 1. The van der Waals surface area contributed by atoms with E-state index in [0.29, 0.717) is 23.8 Å². The van der Waals surface area contributed by atoms with E-state index >= 15 is 0 Å². The van der Waals surface area contributed by atoms with Crippen molar-refractivity contribution in [1.82, 2.24) is 5.32 Å². The summed E-state index contributed by atoms with van der Waals surface area (Å²) in [6, 6.07) is 0. The fraction of sp³-hybridized carbons (Fsp3) is 0.200. The summed E-state index contributed by atoms with van der Waals surface area (Å²) in [5.74, 6) is 0.504. The van der Waals surface area contributed by atoms with E-state index in [9.17, 15) is 0 Å². The Morgan fingerprint density at radius 1 is 1.33 bits per heavy atom. The molecule has 0 spiro atoms. The van der Waals surface area contributed by atoms with E-state index in [4.69, 9.17) is 17.2 Å². The summed E-state index contributed by atoms with van der Waals surface area (Å²) < 4.78 is 0. The topological polar surface area (TPSA) is 90.1 Å². The van der Waals surface area contributed by atoms with Crippen LogP contribution in [0.2, 0.25) is 0 Å². The van der Waals surface area contributed by atoms with Crippen LogP contribution in [0.15, 0.2) is 23.3 Å². The van der Waals surface area contributed by atoms with Crippen LogP contribution < -0.4 is 22.5 Å². The number of nitrogens with two attached hydrogens (primary N) is 3. The minimum Gasteiger partial charge on any atom is -0.401 e. The molecule has 1 rings (SSSR count). The Morgan fingerprint density at radius 3 is 2.44 bits per heavy atom. The SMILES string of the molecule is NC1=CC(N)=C(N)NC1. The summed E-state index contributed by atoms with van der Waals surface area (Å²) in [6.45, 7) is 0.590. The third-order valence-corrected chi connectivity index (χ3v) is 1.13. The van der Waals surface area contributed by atoms with Gasteiger partial charge in [-0.1, -0.05) is 0 Å². The first-order chi connectivity index (χ1) is 4.20. The highest BCUT2D eigenvalue weighted by Gasteiger charge is 2.02. The minimum absolute atomic E-state index is 0.504. The lowest BCUT2D eigenvalue weighted by atomic mass is 10.3. The predicted molar refractivity (Wildman–Crippen MR) is 35.7 cm³/mol. The Morgan fingerprint density at radius 2 is 2.00 bits per heavy atom. The highest BCUT2D eigenvalue weighted by Crippen LogP contribution is 1.98. The van der Waals surface area contributed by atoms with Gasteiger partial charge in [0.2, 0.25) is 0 Å². The molecule has 0 unspecified atom stereocenters. The second-order valence-electron chi connectivity index (χ2n) is 1.94. The quantitative estimate of drug-likeness (QED) is 0.318. The number of hydrogen-bond acceptors (Lipinski definition) is 4. The smallest absolute Gasteiger partial charge is 0.120 e. The molecule has 0 fully saturated rings. The first kappa shape index (κ1) is 5.81. The van der Waals surface area contributed by atoms with Crippen LogP contribution in [0, 0.1) is 0 Å². The van der Waals surface area contributed by atoms with Gasteiger partial charge < -0.3 is 22.5 Å². The first-order valence-electron chi connectivity index (χ1n) is 2.65. The van der Waals surface area contributed by atoms with Crippen LogP contribution in [0.4, 0.5) is 0 Å². The predicted octanol–water partition coefficient (Wildman–Crippen LogP) is -1.48. The Labute approximate surface area is 53.4 Å². The average Bonchev–Trinajstić information content (AvgIpc) is 1.80. The minimum atomic E-state index is 0.504. The molecule has 0 bridgehead atoms. The van der Waals surface area contributed by atoms with Crippen LogP contribution in [-0.4, -0.2) is 6.54 Å². The molecular weight excluding hydrogens is 116 g/mol. The van der Waals surface area contributed by atoms with Gasteiger partial charge in [0.05, 0.1) is 12.2 Å². The van der Waals surface area contributed by atoms with Crippen molar-refractivity contribution in [1.29, 1.82) is 0 Å². The third kappa shape index (κ3) is 1.07. The van der Waals surface area contributed by atoms with Crippen molar-refractivity contribution in [2.45, 2.75) is 0 Å². The fourth-order valence-electron chi connectivity index (χ4n) is 0.628. The molecule has 0 saturated carbocycles. The van der Waals surface area contributed by atoms with Crippen LogP contribution in [0.25, 0.3) is 0 Å². The molecule has 0 aromatic rings. The van der Waals surface area contributed by atoms with E-state index in [0.717, 1.165) is 0 Å². The summed E-state index contributed by atoms with van der Waals surface area (Å²) in [5.41, 5.74) is 17.4. The first-order valence-corrected chi connectivity index (χ1v) is 2.65. The molecule has 0 aliphatic carbocycles. The van der Waals surface area contributed by atoms with Crippen molar-refractivity contribution in [3.8, 4) is 0 Å². The zero-order chi connectivity index (χ0) is 6.85. The molecule has 0 amide bonds. The fourth-order valence-corrected chi connectivity index (χ4v) is 0.628. The van der Waals surface area contributed by atoms with Crippen molar-refractivity contribution >= 4 is 0 Å². The number of allylic oxidation sites excluding steroid dienone is 1. The van der Waals surface area contributed by atoms with E-state index in [1.165, 1.54) is 0 Å². The number of hydrogen-bond donors (Lipinski definition) is 4. The van der Waals surface area contributed by atoms with Gasteiger partial charge in [0.15, 0.2) is 0 Å². The Kier molecular flexibility index (Phi) is 1.22. The molecule has 50 valence electrons. The summed E-state index contributed by atoms with van der Waals surface area (Å²) in [7, 11) is 0. The summed E-state index contributed by atoms with van der Waals surface area (Å²) in [6.07, 6.45) is 1.66. The number of rotatable bonds is 0. The maximum Gasteiger partial charge on any atom is 0.120 e. The molecule has 4 nitrogen and oxygen atoms in total. The van der Waals surface area contributed by atoms with Crippen molar-refractivity contribution in [3.63, 3.8) is 0 Å².